The van der Waals surface area contributed by atoms with Gasteiger partial charge in [-0.3, -0.25) is 19.2 Å². The summed E-state index contributed by atoms with van der Waals surface area (Å²) in [5, 5.41) is 16.7. The molecule has 0 radical (unpaired) electrons. The molecule has 4 N–H and O–H groups in total. The topological polar surface area (TPSA) is 160 Å². The zero-order valence-corrected chi connectivity index (χ0v) is 20.0. The molecule has 1 aliphatic rings. The second kappa shape index (κ2) is 13.1. The Bertz CT molecular complexity index is 974. The van der Waals surface area contributed by atoms with E-state index in [0.717, 1.165) is 5.56 Å². The molecule has 1 heterocycles. The molecular weight excluding hydrogens is 458 g/mol. The summed E-state index contributed by atoms with van der Waals surface area (Å²) in [7, 11) is 0. The van der Waals surface area contributed by atoms with Crippen molar-refractivity contribution in [2.75, 3.05) is 13.2 Å². The van der Waals surface area contributed by atoms with E-state index in [0.29, 0.717) is 17.8 Å². The predicted molar refractivity (Wildman–Crippen MR) is 124 cm³/mol. The van der Waals surface area contributed by atoms with Crippen molar-refractivity contribution in [3.8, 4) is 0 Å². The van der Waals surface area contributed by atoms with E-state index in [2.05, 4.69) is 16.0 Å². The zero-order chi connectivity index (χ0) is 26.0. The third-order valence-electron chi connectivity index (χ3n) is 5.28. The maximum Gasteiger partial charge on any atom is 0.408 e. The van der Waals surface area contributed by atoms with Crippen molar-refractivity contribution in [3.63, 3.8) is 0 Å². The van der Waals surface area contributed by atoms with Crippen LogP contribution in [0.25, 0.3) is 0 Å². The fourth-order valence-corrected chi connectivity index (χ4v) is 3.36. The molecule has 190 valence electrons. The lowest BCUT2D eigenvalue weighted by Crippen LogP contribution is -2.54. The van der Waals surface area contributed by atoms with Crippen LogP contribution in [0, 0.1) is 5.92 Å². The van der Waals surface area contributed by atoms with Crippen LogP contribution in [-0.4, -0.2) is 60.0 Å². The summed E-state index contributed by atoms with van der Waals surface area (Å²) in [4.78, 5) is 60.8. The van der Waals surface area contributed by atoms with Crippen molar-refractivity contribution in [3.05, 3.63) is 47.2 Å². The second-order valence-electron chi connectivity index (χ2n) is 8.28. The molecule has 0 saturated heterocycles. The number of amides is 3. The van der Waals surface area contributed by atoms with Crippen LogP contribution < -0.4 is 16.0 Å². The Morgan fingerprint density at radius 2 is 1.80 bits per heavy atom. The van der Waals surface area contributed by atoms with Crippen molar-refractivity contribution in [1.82, 2.24) is 16.0 Å². The van der Waals surface area contributed by atoms with Gasteiger partial charge in [-0.05, 0) is 17.9 Å². The maximum atomic E-state index is 12.9. The average molecular weight is 490 g/mol. The quantitative estimate of drug-likeness (QED) is 0.322. The molecule has 2 atom stereocenters. The second-order valence-corrected chi connectivity index (χ2v) is 8.28. The van der Waals surface area contributed by atoms with E-state index in [-0.39, 0.29) is 25.0 Å². The molecule has 0 bridgehead atoms. The van der Waals surface area contributed by atoms with Crippen LogP contribution in [0.1, 0.15) is 39.2 Å². The molecule has 2 rings (SSSR count). The first-order valence-electron chi connectivity index (χ1n) is 11.3. The van der Waals surface area contributed by atoms with Crippen molar-refractivity contribution in [1.29, 1.82) is 0 Å². The number of alkyl carbamates (subject to hydrolysis) is 1. The summed E-state index contributed by atoms with van der Waals surface area (Å²) < 4.78 is 10.6. The molecule has 3 amide bonds. The SMILES string of the molecule is CCC1=C(OCC(=O)[C@H](CC(=O)O)NC(=O)[C@@H](NC(=O)OCc2ccccc2)C(C)C)CNC1=O. The summed E-state index contributed by atoms with van der Waals surface area (Å²) in [5.74, 6) is -3.07. The maximum absolute atomic E-state index is 12.9. The van der Waals surface area contributed by atoms with Gasteiger partial charge in [0, 0.05) is 0 Å². The number of carboxylic acids is 1. The minimum atomic E-state index is -1.39. The minimum Gasteiger partial charge on any atom is -0.488 e. The minimum absolute atomic E-state index is 0.00350. The van der Waals surface area contributed by atoms with Gasteiger partial charge in [0.1, 0.15) is 31.1 Å². The summed E-state index contributed by atoms with van der Waals surface area (Å²) in [6.07, 6.45) is -1.09. The Morgan fingerprint density at radius 1 is 1.11 bits per heavy atom. The molecule has 0 fully saturated rings. The highest BCUT2D eigenvalue weighted by Crippen LogP contribution is 2.16. The van der Waals surface area contributed by atoms with Gasteiger partial charge in [0.15, 0.2) is 5.78 Å². The van der Waals surface area contributed by atoms with Crippen LogP contribution in [-0.2, 0) is 35.3 Å². The Morgan fingerprint density at radius 3 is 2.40 bits per heavy atom. The van der Waals surface area contributed by atoms with E-state index in [1.54, 1.807) is 45.0 Å². The molecule has 11 heteroatoms. The lowest BCUT2D eigenvalue weighted by molar-refractivity contribution is -0.141. The summed E-state index contributed by atoms with van der Waals surface area (Å²) in [5.41, 5.74) is 1.18. The van der Waals surface area contributed by atoms with Gasteiger partial charge in [-0.1, -0.05) is 51.1 Å². The van der Waals surface area contributed by atoms with Gasteiger partial charge in [-0.25, -0.2) is 4.79 Å². The van der Waals surface area contributed by atoms with E-state index in [9.17, 15) is 29.1 Å². The Hall–Kier alpha value is -3.89. The predicted octanol–water partition coefficient (Wildman–Crippen LogP) is 1.28. The first-order chi connectivity index (χ1) is 16.6. The molecule has 0 spiro atoms. The van der Waals surface area contributed by atoms with Gasteiger partial charge in [-0.2, -0.15) is 0 Å². The summed E-state index contributed by atoms with van der Waals surface area (Å²) >= 11 is 0. The molecular formula is C24H31N3O8. The summed E-state index contributed by atoms with van der Waals surface area (Å²) in [6, 6.07) is 6.51. The number of ketones is 1. The molecule has 1 aliphatic heterocycles. The standard InChI is InChI=1S/C24H31N3O8/c1-4-16-19(11-25-22(16)31)34-13-18(28)17(10-20(29)30)26-23(32)21(14(2)3)27-24(33)35-12-15-8-6-5-7-9-15/h5-9,14,17,21H,4,10-13H2,1-3H3,(H,25,31)(H,26,32)(H,27,33)(H,29,30)/t17-,21-/m0/s1. The number of benzene rings is 1. The van der Waals surface area contributed by atoms with Crippen LogP contribution in [0.3, 0.4) is 0 Å². The van der Waals surface area contributed by atoms with Crippen LogP contribution >= 0.6 is 0 Å². The lowest BCUT2D eigenvalue weighted by atomic mass is 10.0. The molecule has 35 heavy (non-hydrogen) atoms. The largest absolute Gasteiger partial charge is 0.488 e. The Kier molecular flexibility index (Phi) is 10.2. The number of carbonyl (C=O) groups is 5. The third kappa shape index (κ3) is 8.43. The highest BCUT2D eigenvalue weighted by atomic mass is 16.5. The molecule has 0 saturated carbocycles. The lowest BCUT2D eigenvalue weighted by Gasteiger charge is -2.24. The van der Waals surface area contributed by atoms with Crippen LogP contribution in [0.4, 0.5) is 4.79 Å². The van der Waals surface area contributed by atoms with Gasteiger partial charge >= 0.3 is 12.1 Å². The van der Waals surface area contributed by atoms with Gasteiger partial charge in [-0.15, -0.1) is 0 Å². The number of ether oxygens (including phenoxy) is 2. The number of nitrogens with one attached hydrogen (secondary N) is 3. The molecule has 0 aromatic heterocycles. The van der Waals surface area contributed by atoms with Gasteiger partial charge in [0.25, 0.3) is 5.91 Å². The molecule has 0 unspecified atom stereocenters. The van der Waals surface area contributed by atoms with E-state index >= 15 is 0 Å². The molecule has 1 aromatic rings. The highest BCUT2D eigenvalue weighted by Gasteiger charge is 2.31. The normalized spacial score (nSPS) is 14.7. The van der Waals surface area contributed by atoms with E-state index in [1.807, 2.05) is 6.07 Å². The zero-order valence-electron chi connectivity index (χ0n) is 20.0. The van der Waals surface area contributed by atoms with Crippen LogP contribution in [0.15, 0.2) is 41.7 Å². The van der Waals surface area contributed by atoms with E-state index in [4.69, 9.17) is 9.47 Å². The van der Waals surface area contributed by atoms with Crippen molar-refractivity contribution >= 4 is 29.7 Å². The fourth-order valence-electron chi connectivity index (χ4n) is 3.36. The number of hydrogen-bond acceptors (Lipinski definition) is 7. The van der Waals surface area contributed by atoms with Crippen molar-refractivity contribution in [2.24, 2.45) is 5.92 Å². The number of hydrogen-bond donors (Lipinski definition) is 4. The van der Waals surface area contributed by atoms with Crippen LogP contribution in [0.2, 0.25) is 0 Å². The number of carbonyl (C=O) groups excluding carboxylic acids is 4. The molecule has 11 nitrogen and oxygen atoms in total. The summed E-state index contributed by atoms with van der Waals surface area (Å²) in [6.45, 7) is 4.75. The highest BCUT2D eigenvalue weighted by molar-refractivity contribution is 5.97. The number of rotatable bonds is 13. The number of Topliss-reactive ketones (excluding diaryl/α,β-unsaturated/α-hetero) is 1. The van der Waals surface area contributed by atoms with Crippen molar-refractivity contribution in [2.45, 2.75) is 52.3 Å². The first-order valence-corrected chi connectivity index (χ1v) is 11.3. The van der Waals surface area contributed by atoms with Crippen LogP contribution in [0.5, 0.6) is 0 Å². The van der Waals surface area contributed by atoms with Gasteiger partial charge in [0.2, 0.25) is 5.91 Å². The molecule has 1 aromatic carbocycles. The van der Waals surface area contributed by atoms with E-state index in [1.165, 1.54) is 0 Å². The monoisotopic (exact) mass is 489 g/mol. The Labute approximate surface area is 203 Å². The number of carboxylic acid groups (broad SMARTS) is 1. The Balaban J connectivity index is 1.99. The average Bonchev–Trinajstić information content (AvgIpc) is 3.18. The van der Waals surface area contributed by atoms with Gasteiger partial charge < -0.3 is 30.5 Å². The number of aliphatic carboxylic acids is 1. The van der Waals surface area contributed by atoms with Crippen molar-refractivity contribution < 1.29 is 38.6 Å². The van der Waals surface area contributed by atoms with E-state index < -0.39 is 48.9 Å². The first kappa shape index (κ1) is 27.4. The molecule has 0 aliphatic carbocycles. The smallest absolute Gasteiger partial charge is 0.408 e. The third-order valence-corrected chi connectivity index (χ3v) is 5.28. The fraction of sp³-hybridized carbons (Fsp3) is 0.458. The van der Waals surface area contributed by atoms with Gasteiger partial charge in [0.05, 0.1) is 18.5 Å².